The van der Waals surface area contributed by atoms with E-state index >= 15 is 0 Å². The van der Waals surface area contributed by atoms with Gasteiger partial charge in [-0.05, 0) is 44.7 Å². The second-order valence-electron chi connectivity index (χ2n) is 3.69. The topological polar surface area (TPSA) is 30.5 Å². The van der Waals surface area contributed by atoms with E-state index in [1.807, 2.05) is 0 Å². The quantitative estimate of drug-likeness (QED) is 0.712. The smallest absolute Gasteiger partial charge is 0.170 e. The normalized spacial score (nSPS) is 15.9. The van der Waals surface area contributed by atoms with Crippen molar-refractivity contribution < 1.29 is 0 Å². The first-order valence-corrected chi connectivity index (χ1v) is 6.56. The molecular weight excluding hydrogens is 240 g/mol. The van der Waals surface area contributed by atoms with Gasteiger partial charge in [-0.15, -0.1) is 0 Å². The average Bonchev–Trinajstić information content (AvgIpc) is 2.30. The minimum atomic E-state index is 0.789. The Balaban J connectivity index is 2.46. The predicted molar refractivity (Wildman–Crippen MR) is 75.4 cm³/mol. The first kappa shape index (κ1) is 13.4. The lowest BCUT2D eigenvalue weighted by atomic mass is 10.3. The van der Waals surface area contributed by atoms with Gasteiger partial charge < -0.3 is 20.4 Å². The van der Waals surface area contributed by atoms with Crippen LogP contribution in [0.4, 0.5) is 0 Å². The molecule has 1 fully saturated rings. The van der Waals surface area contributed by atoms with Crippen LogP contribution in [-0.4, -0.2) is 52.9 Å². The Hall–Kier alpha value is -0.620. The van der Waals surface area contributed by atoms with E-state index in [1.54, 1.807) is 0 Å². The highest BCUT2D eigenvalue weighted by Gasteiger charge is 2.20. The van der Waals surface area contributed by atoms with E-state index in [0.29, 0.717) is 0 Å². The van der Waals surface area contributed by atoms with Gasteiger partial charge in [0, 0.05) is 26.2 Å². The van der Waals surface area contributed by atoms with Gasteiger partial charge >= 0.3 is 0 Å². The molecular formula is C10H20N4S2. The third-order valence-electron chi connectivity index (χ3n) is 2.43. The number of nitrogens with zero attached hydrogens (tertiary/aromatic N) is 2. The van der Waals surface area contributed by atoms with Crippen molar-refractivity contribution in [3.8, 4) is 0 Å². The lowest BCUT2D eigenvalue weighted by Crippen LogP contribution is -2.54. The van der Waals surface area contributed by atoms with E-state index in [-0.39, 0.29) is 0 Å². The molecule has 0 atom stereocenters. The summed E-state index contributed by atoms with van der Waals surface area (Å²) >= 11 is 10.6. The number of thiocarbonyl (C=S) groups is 2. The molecule has 1 rings (SSSR count). The van der Waals surface area contributed by atoms with Crippen LogP contribution in [0.3, 0.4) is 0 Å². The van der Waals surface area contributed by atoms with E-state index < -0.39 is 0 Å². The molecule has 4 nitrogen and oxygen atoms in total. The standard InChI is InChI=1S/C10H20N4S2/c1-3-11-9(15)13-6-5-7-14(8-13)10(16)12-4-2/h3-8H2,1-2H3,(H,11,15)(H,12,16). The van der Waals surface area contributed by atoms with Crippen molar-refractivity contribution >= 4 is 34.7 Å². The molecule has 0 spiro atoms. The highest BCUT2D eigenvalue weighted by Crippen LogP contribution is 2.06. The second kappa shape index (κ2) is 6.85. The molecule has 1 aliphatic heterocycles. The van der Waals surface area contributed by atoms with Gasteiger partial charge in [-0.1, -0.05) is 0 Å². The fourth-order valence-corrected chi connectivity index (χ4v) is 2.24. The fraction of sp³-hybridized carbons (Fsp3) is 0.800. The van der Waals surface area contributed by atoms with Gasteiger partial charge in [0.2, 0.25) is 0 Å². The van der Waals surface area contributed by atoms with Crippen LogP contribution in [0.1, 0.15) is 20.3 Å². The molecule has 0 unspecified atom stereocenters. The molecule has 0 aromatic carbocycles. The minimum absolute atomic E-state index is 0.789. The zero-order valence-electron chi connectivity index (χ0n) is 9.95. The average molecular weight is 260 g/mol. The van der Waals surface area contributed by atoms with Crippen molar-refractivity contribution in [1.82, 2.24) is 20.4 Å². The van der Waals surface area contributed by atoms with Gasteiger partial charge in [0.25, 0.3) is 0 Å². The number of nitrogens with one attached hydrogen (secondary N) is 2. The van der Waals surface area contributed by atoms with E-state index in [9.17, 15) is 0 Å². The SMILES string of the molecule is CCNC(=S)N1CCCN(C(=S)NCC)C1. The monoisotopic (exact) mass is 260 g/mol. The van der Waals surface area contributed by atoms with E-state index in [1.165, 1.54) is 0 Å². The largest absolute Gasteiger partial charge is 0.363 e. The molecule has 92 valence electrons. The van der Waals surface area contributed by atoms with Crippen LogP contribution in [0.25, 0.3) is 0 Å². The van der Waals surface area contributed by atoms with Crippen LogP contribution in [-0.2, 0) is 0 Å². The van der Waals surface area contributed by atoms with Crippen molar-refractivity contribution in [3.05, 3.63) is 0 Å². The van der Waals surface area contributed by atoms with Gasteiger partial charge in [-0.2, -0.15) is 0 Å². The third-order valence-corrected chi connectivity index (χ3v) is 3.23. The Labute approximate surface area is 108 Å². The van der Waals surface area contributed by atoms with Crippen LogP contribution in [0.2, 0.25) is 0 Å². The lowest BCUT2D eigenvalue weighted by molar-refractivity contribution is 0.210. The molecule has 0 aliphatic carbocycles. The maximum absolute atomic E-state index is 5.30. The van der Waals surface area contributed by atoms with E-state index in [2.05, 4.69) is 34.3 Å². The van der Waals surface area contributed by atoms with Gasteiger partial charge in [0.15, 0.2) is 10.2 Å². The number of hydrogen-bond acceptors (Lipinski definition) is 2. The number of rotatable bonds is 2. The van der Waals surface area contributed by atoms with Crippen molar-refractivity contribution in [3.63, 3.8) is 0 Å². The Morgan fingerprint density at radius 2 is 1.44 bits per heavy atom. The van der Waals surface area contributed by atoms with Crippen LogP contribution in [0.15, 0.2) is 0 Å². The molecule has 0 amide bonds. The first-order chi connectivity index (χ1) is 7.69. The molecule has 1 saturated heterocycles. The summed E-state index contributed by atoms with van der Waals surface area (Å²) in [5.74, 6) is 0. The maximum atomic E-state index is 5.30. The predicted octanol–water partition coefficient (Wildman–Crippen LogP) is 0.740. The summed E-state index contributed by atoms with van der Waals surface area (Å²) < 4.78 is 0. The first-order valence-electron chi connectivity index (χ1n) is 5.74. The highest BCUT2D eigenvalue weighted by molar-refractivity contribution is 7.80. The van der Waals surface area contributed by atoms with Crippen LogP contribution < -0.4 is 10.6 Å². The summed E-state index contributed by atoms with van der Waals surface area (Å²) in [5, 5.41) is 8.00. The minimum Gasteiger partial charge on any atom is -0.363 e. The summed E-state index contributed by atoms with van der Waals surface area (Å²) in [6, 6.07) is 0. The molecule has 1 heterocycles. The zero-order chi connectivity index (χ0) is 12.0. The van der Waals surface area contributed by atoms with Crippen LogP contribution >= 0.6 is 24.4 Å². The molecule has 0 radical (unpaired) electrons. The van der Waals surface area contributed by atoms with Crippen molar-refractivity contribution in [2.45, 2.75) is 20.3 Å². The molecule has 0 aromatic heterocycles. The molecule has 6 heteroatoms. The van der Waals surface area contributed by atoms with Crippen LogP contribution in [0.5, 0.6) is 0 Å². The number of hydrogen-bond donors (Lipinski definition) is 2. The molecule has 0 bridgehead atoms. The molecule has 0 saturated carbocycles. The van der Waals surface area contributed by atoms with E-state index in [0.717, 1.165) is 49.5 Å². The third kappa shape index (κ3) is 3.75. The second-order valence-corrected chi connectivity index (χ2v) is 4.47. The van der Waals surface area contributed by atoms with E-state index in [4.69, 9.17) is 24.4 Å². The zero-order valence-corrected chi connectivity index (χ0v) is 11.6. The summed E-state index contributed by atoms with van der Waals surface area (Å²) in [7, 11) is 0. The van der Waals surface area contributed by atoms with Crippen LogP contribution in [0, 0.1) is 0 Å². The van der Waals surface area contributed by atoms with Crippen molar-refractivity contribution in [2.75, 3.05) is 32.8 Å². The van der Waals surface area contributed by atoms with Crippen molar-refractivity contribution in [2.24, 2.45) is 0 Å². The van der Waals surface area contributed by atoms with Gasteiger partial charge in [0.1, 0.15) is 0 Å². The van der Waals surface area contributed by atoms with Gasteiger partial charge in [0.05, 0.1) is 6.67 Å². The Morgan fingerprint density at radius 3 is 1.81 bits per heavy atom. The van der Waals surface area contributed by atoms with Crippen molar-refractivity contribution in [1.29, 1.82) is 0 Å². The Morgan fingerprint density at radius 1 is 1.00 bits per heavy atom. The Bertz CT molecular complexity index is 233. The van der Waals surface area contributed by atoms with Gasteiger partial charge in [-0.25, -0.2) is 0 Å². The molecule has 0 aromatic rings. The molecule has 1 aliphatic rings. The molecule has 2 N–H and O–H groups in total. The maximum Gasteiger partial charge on any atom is 0.170 e. The Kier molecular flexibility index (Phi) is 5.76. The lowest BCUT2D eigenvalue weighted by Gasteiger charge is -2.38. The highest BCUT2D eigenvalue weighted by atomic mass is 32.1. The fourth-order valence-electron chi connectivity index (χ4n) is 1.66. The molecule has 16 heavy (non-hydrogen) atoms. The van der Waals surface area contributed by atoms with Gasteiger partial charge in [-0.3, -0.25) is 0 Å². The summed E-state index contributed by atoms with van der Waals surface area (Å²) in [5.41, 5.74) is 0. The summed E-state index contributed by atoms with van der Waals surface area (Å²) in [4.78, 5) is 4.32. The summed E-state index contributed by atoms with van der Waals surface area (Å²) in [6.45, 7) is 8.65. The summed E-state index contributed by atoms with van der Waals surface area (Å²) in [6.07, 6.45) is 1.09.